The van der Waals surface area contributed by atoms with Crippen molar-refractivity contribution in [1.29, 1.82) is 0 Å². The summed E-state index contributed by atoms with van der Waals surface area (Å²) in [6.07, 6.45) is 1.37. The van der Waals surface area contributed by atoms with Crippen LogP contribution in [0.5, 0.6) is 0 Å². The van der Waals surface area contributed by atoms with Gasteiger partial charge in [0, 0.05) is 18.5 Å². The van der Waals surface area contributed by atoms with Crippen molar-refractivity contribution in [2.45, 2.75) is 33.2 Å². The molecule has 0 fully saturated rings. The Kier molecular flexibility index (Phi) is 5.42. The summed E-state index contributed by atoms with van der Waals surface area (Å²) in [6, 6.07) is 0. The summed E-state index contributed by atoms with van der Waals surface area (Å²) in [6.45, 7) is 5.46. The number of hydrogen-bond donors (Lipinski definition) is 2. The van der Waals surface area contributed by atoms with Crippen molar-refractivity contribution in [3.8, 4) is 0 Å². The Balaban J connectivity index is 2.28. The molecular formula is C11H19N3OS. The number of nitrogens with one attached hydrogen (secondary N) is 1. The third-order valence-electron chi connectivity index (χ3n) is 2.16. The lowest BCUT2D eigenvalue weighted by atomic mass is 10.1. The van der Waals surface area contributed by atoms with Crippen LogP contribution in [0.3, 0.4) is 0 Å². The van der Waals surface area contributed by atoms with Gasteiger partial charge in [-0.15, -0.1) is 11.3 Å². The molecule has 0 aromatic carbocycles. The van der Waals surface area contributed by atoms with Crippen molar-refractivity contribution < 1.29 is 4.79 Å². The van der Waals surface area contributed by atoms with Crippen LogP contribution >= 0.6 is 11.3 Å². The lowest BCUT2D eigenvalue weighted by Crippen LogP contribution is -2.27. The fourth-order valence-electron chi connectivity index (χ4n) is 1.25. The third-order valence-corrected chi connectivity index (χ3v) is 3.08. The molecule has 0 saturated carbocycles. The van der Waals surface area contributed by atoms with Gasteiger partial charge < -0.3 is 11.1 Å². The summed E-state index contributed by atoms with van der Waals surface area (Å²) in [7, 11) is 0. The molecule has 0 radical (unpaired) electrons. The van der Waals surface area contributed by atoms with Gasteiger partial charge in [0.05, 0.1) is 12.1 Å². The number of carbonyl (C=O) groups excluding carboxylic acids is 1. The summed E-state index contributed by atoms with van der Waals surface area (Å²) >= 11 is 1.50. The molecule has 0 spiro atoms. The molecule has 0 aliphatic carbocycles. The van der Waals surface area contributed by atoms with Gasteiger partial charge in [-0.25, -0.2) is 4.98 Å². The lowest BCUT2D eigenvalue weighted by molar-refractivity contribution is -0.120. The fourth-order valence-corrected chi connectivity index (χ4v) is 1.93. The Hall–Kier alpha value is -0.940. The first-order chi connectivity index (χ1) is 7.61. The van der Waals surface area contributed by atoms with E-state index in [0.29, 0.717) is 18.9 Å². The third kappa shape index (κ3) is 4.72. The maximum atomic E-state index is 11.5. The van der Waals surface area contributed by atoms with Crippen molar-refractivity contribution in [3.63, 3.8) is 0 Å². The number of thiazole rings is 1. The van der Waals surface area contributed by atoms with Crippen molar-refractivity contribution in [1.82, 2.24) is 10.3 Å². The normalized spacial score (nSPS) is 10.8. The molecule has 0 atom stereocenters. The second kappa shape index (κ2) is 6.60. The van der Waals surface area contributed by atoms with Gasteiger partial charge >= 0.3 is 0 Å². The van der Waals surface area contributed by atoms with Crippen LogP contribution < -0.4 is 11.1 Å². The van der Waals surface area contributed by atoms with E-state index in [-0.39, 0.29) is 5.91 Å². The molecule has 16 heavy (non-hydrogen) atoms. The highest BCUT2D eigenvalue weighted by atomic mass is 32.1. The van der Waals surface area contributed by atoms with Gasteiger partial charge in [-0.2, -0.15) is 0 Å². The zero-order chi connectivity index (χ0) is 12.0. The summed E-state index contributed by atoms with van der Waals surface area (Å²) < 4.78 is 0. The summed E-state index contributed by atoms with van der Waals surface area (Å²) in [5, 5.41) is 5.66. The first-order valence-electron chi connectivity index (χ1n) is 5.52. The molecule has 4 nitrogen and oxygen atoms in total. The van der Waals surface area contributed by atoms with E-state index in [1.165, 1.54) is 11.3 Å². The molecule has 1 aromatic rings. The van der Waals surface area contributed by atoms with Crippen LogP contribution in [-0.4, -0.2) is 17.4 Å². The fraction of sp³-hybridized carbons (Fsp3) is 0.636. The number of aromatic nitrogens is 1. The van der Waals surface area contributed by atoms with Crippen molar-refractivity contribution >= 4 is 17.2 Å². The first-order valence-corrected chi connectivity index (χ1v) is 6.39. The Morgan fingerprint density at radius 2 is 2.38 bits per heavy atom. The van der Waals surface area contributed by atoms with E-state index in [1.807, 2.05) is 5.38 Å². The van der Waals surface area contributed by atoms with Crippen LogP contribution in [-0.2, 0) is 17.8 Å². The minimum atomic E-state index is 0.0366. The quantitative estimate of drug-likeness (QED) is 0.789. The number of nitrogens with two attached hydrogens (primary N) is 1. The Morgan fingerprint density at radius 1 is 1.62 bits per heavy atom. The zero-order valence-corrected chi connectivity index (χ0v) is 10.6. The maximum absolute atomic E-state index is 11.5. The van der Waals surface area contributed by atoms with Crippen LogP contribution in [0.4, 0.5) is 0 Å². The molecule has 1 rings (SSSR count). The molecule has 1 aromatic heterocycles. The predicted octanol–water partition coefficient (Wildman–Crippen LogP) is 1.31. The maximum Gasteiger partial charge on any atom is 0.226 e. The average molecular weight is 241 g/mol. The highest BCUT2D eigenvalue weighted by molar-refractivity contribution is 7.09. The molecule has 0 aliphatic heterocycles. The van der Waals surface area contributed by atoms with Crippen LogP contribution in [0.1, 0.15) is 31.0 Å². The molecule has 1 amide bonds. The number of amides is 1. The van der Waals surface area contributed by atoms with E-state index in [9.17, 15) is 4.79 Å². The van der Waals surface area contributed by atoms with Crippen molar-refractivity contribution in [2.24, 2.45) is 11.7 Å². The second-order valence-corrected chi connectivity index (χ2v) is 5.09. The molecule has 0 bridgehead atoms. The van der Waals surface area contributed by atoms with Gasteiger partial charge in [0.25, 0.3) is 0 Å². The summed E-state index contributed by atoms with van der Waals surface area (Å²) in [4.78, 5) is 15.8. The summed E-state index contributed by atoms with van der Waals surface area (Å²) in [5.41, 5.74) is 6.27. The largest absolute Gasteiger partial charge is 0.356 e. The van der Waals surface area contributed by atoms with Gasteiger partial charge in [0.2, 0.25) is 5.91 Å². The van der Waals surface area contributed by atoms with Crippen molar-refractivity contribution in [3.05, 3.63) is 16.1 Å². The standard InChI is InChI=1S/C11H19N3OS/c1-8(2)3-4-13-10(15)5-9-7-16-11(6-12)14-9/h7-8H,3-6,12H2,1-2H3,(H,13,15). The number of nitrogens with zero attached hydrogens (tertiary/aromatic N) is 1. The molecule has 90 valence electrons. The van der Waals surface area contributed by atoms with Crippen LogP contribution in [0, 0.1) is 5.92 Å². The molecule has 3 N–H and O–H groups in total. The molecule has 5 heteroatoms. The molecule has 0 saturated heterocycles. The van der Waals surface area contributed by atoms with E-state index < -0.39 is 0 Å². The number of rotatable bonds is 6. The average Bonchev–Trinajstić information content (AvgIpc) is 2.65. The monoisotopic (exact) mass is 241 g/mol. The van der Waals surface area contributed by atoms with Crippen LogP contribution in [0.15, 0.2) is 5.38 Å². The highest BCUT2D eigenvalue weighted by Crippen LogP contribution is 2.09. The Morgan fingerprint density at radius 3 is 2.94 bits per heavy atom. The molecule has 1 heterocycles. The Labute approximate surface area is 100 Å². The highest BCUT2D eigenvalue weighted by Gasteiger charge is 2.06. The van der Waals surface area contributed by atoms with Crippen molar-refractivity contribution in [2.75, 3.05) is 6.54 Å². The van der Waals surface area contributed by atoms with Crippen LogP contribution in [0.2, 0.25) is 0 Å². The lowest BCUT2D eigenvalue weighted by Gasteiger charge is -2.05. The molecule has 0 unspecified atom stereocenters. The minimum Gasteiger partial charge on any atom is -0.356 e. The molecular weight excluding hydrogens is 222 g/mol. The SMILES string of the molecule is CC(C)CCNC(=O)Cc1csc(CN)n1. The van der Waals surface area contributed by atoms with Gasteiger partial charge in [-0.05, 0) is 12.3 Å². The molecule has 0 aliphatic rings. The number of hydrogen-bond acceptors (Lipinski definition) is 4. The minimum absolute atomic E-state index is 0.0366. The summed E-state index contributed by atoms with van der Waals surface area (Å²) in [5.74, 6) is 0.651. The van der Waals surface area contributed by atoms with E-state index in [0.717, 1.165) is 23.7 Å². The first kappa shape index (κ1) is 13.1. The smallest absolute Gasteiger partial charge is 0.226 e. The van der Waals surface area contributed by atoms with Gasteiger partial charge in [-0.1, -0.05) is 13.8 Å². The number of carbonyl (C=O) groups is 1. The van der Waals surface area contributed by atoms with Gasteiger partial charge in [-0.3, -0.25) is 4.79 Å². The van der Waals surface area contributed by atoms with E-state index >= 15 is 0 Å². The predicted molar refractivity (Wildman–Crippen MR) is 66.2 cm³/mol. The van der Waals surface area contributed by atoms with E-state index in [1.54, 1.807) is 0 Å². The van der Waals surface area contributed by atoms with E-state index in [2.05, 4.69) is 24.1 Å². The van der Waals surface area contributed by atoms with Gasteiger partial charge in [0.1, 0.15) is 5.01 Å². The second-order valence-electron chi connectivity index (χ2n) is 4.15. The topological polar surface area (TPSA) is 68.0 Å². The zero-order valence-electron chi connectivity index (χ0n) is 9.82. The Bertz CT molecular complexity index is 336. The van der Waals surface area contributed by atoms with Crippen LogP contribution in [0.25, 0.3) is 0 Å². The van der Waals surface area contributed by atoms with Gasteiger partial charge in [0.15, 0.2) is 0 Å². The van der Waals surface area contributed by atoms with E-state index in [4.69, 9.17) is 5.73 Å².